The quantitative estimate of drug-likeness (QED) is 0.645. The normalized spacial score (nSPS) is 9.50. The van der Waals surface area contributed by atoms with Crippen molar-refractivity contribution < 1.29 is 9.90 Å². The van der Waals surface area contributed by atoms with Crippen LogP contribution in [-0.4, -0.2) is 11.1 Å². The second-order valence-electron chi connectivity index (χ2n) is 2.43. The summed E-state index contributed by atoms with van der Waals surface area (Å²) in [5.74, 6) is -0.900. The highest BCUT2D eigenvalue weighted by atomic mass is 127. The van der Waals surface area contributed by atoms with Gasteiger partial charge in [0.05, 0.1) is 28.4 Å². The van der Waals surface area contributed by atoms with E-state index >= 15 is 0 Å². The van der Waals surface area contributed by atoms with Crippen LogP contribution < -0.4 is 3.53 Å². The molecular formula is C8H8INO2. The average Bonchev–Trinajstić information content (AvgIpc) is 2.05. The Morgan fingerprint density at radius 1 is 1.58 bits per heavy atom. The van der Waals surface area contributed by atoms with E-state index in [9.17, 15) is 4.79 Å². The monoisotopic (exact) mass is 277 g/mol. The molecule has 0 heterocycles. The zero-order valence-corrected chi connectivity index (χ0v) is 8.62. The van der Waals surface area contributed by atoms with Gasteiger partial charge in [-0.2, -0.15) is 0 Å². The topological polar surface area (TPSA) is 49.3 Å². The van der Waals surface area contributed by atoms with Crippen LogP contribution >= 0.6 is 22.9 Å². The third kappa shape index (κ3) is 1.88. The fourth-order valence-electron chi connectivity index (χ4n) is 0.857. The van der Waals surface area contributed by atoms with Gasteiger partial charge in [-0.1, -0.05) is 6.07 Å². The van der Waals surface area contributed by atoms with Crippen molar-refractivity contribution >= 4 is 34.5 Å². The third-order valence-electron chi connectivity index (χ3n) is 1.59. The van der Waals surface area contributed by atoms with E-state index in [0.717, 1.165) is 11.3 Å². The minimum absolute atomic E-state index is 0.305. The van der Waals surface area contributed by atoms with Crippen LogP contribution in [-0.2, 0) is 0 Å². The zero-order valence-electron chi connectivity index (χ0n) is 6.47. The van der Waals surface area contributed by atoms with Gasteiger partial charge in [0.25, 0.3) is 0 Å². The van der Waals surface area contributed by atoms with E-state index < -0.39 is 5.97 Å². The van der Waals surface area contributed by atoms with Gasteiger partial charge in [0.1, 0.15) is 0 Å². The van der Waals surface area contributed by atoms with Crippen molar-refractivity contribution in [2.45, 2.75) is 6.92 Å². The van der Waals surface area contributed by atoms with Gasteiger partial charge in [-0.25, -0.2) is 4.79 Å². The molecule has 1 aromatic carbocycles. The maximum atomic E-state index is 10.6. The Labute approximate surface area is 84.3 Å². The molecule has 4 heteroatoms. The van der Waals surface area contributed by atoms with Crippen molar-refractivity contribution in [1.29, 1.82) is 0 Å². The number of benzene rings is 1. The van der Waals surface area contributed by atoms with Crippen LogP contribution in [0.2, 0.25) is 0 Å². The molecule has 0 amide bonds. The first-order chi connectivity index (χ1) is 5.65. The number of rotatable bonds is 2. The summed E-state index contributed by atoms with van der Waals surface area (Å²) in [7, 11) is 0. The highest BCUT2D eigenvalue weighted by Crippen LogP contribution is 2.17. The van der Waals surface area contributed by atoms with Crippen LogP contribution in [0.3, 0.4) is 0 Å². The maximum absolute atomic E-state index is 10.6. The first-order valence-corrected chi connectivity index (χ1v) is 4.43. The SMILES string of the molecule is Cc1ccc(C(=O)O)cc1NI. The lowest BCUT2D eigenvalue weighted by Crippen LogP contribution is -1.97. The molecule has 0 unspecified atom stereocenters. The summed E-state index contributed by atoms with van der Waals surface area (Å²) < 4.78 is 2.90. The average molecular weight is 277 g/mol. The molecule has 1 rings (SSSR count). The molecule has 0 aliphatic rings. The molecule has 0 aliphatic heterocycles. The molecule has 12 heavy (non-hydrogen) atoms. The maximum Gasteiger partial charge on any atom is 0.335 e. The Kier molecular flexibility index (Phi) is 2.91. The second-order valence-corrected chi connectivity index (χ2v) is 2.97. The van der Waals surface area contributed by atoms with Crippen LogP contribution in [0, 0.1) is 6.92 Å². The molecule has 64 valence electrons. The number of aromatic carboxylic acids is 1. The molecule has 0 bridgehead atoms. The lowest BCUT2D eigenvalue weighted by Gasteiger charge is -2.03. The number of carboxylic acid groups (broad SMARTS) is 1. The van der Waals surface area contributed by atoms with Gasteiger partial charge in [0, 0.05) is 5.69 Å². The van der Waals surface area contributed by atoms with Crippen molar-refractivity contribution in [3.63, 3.8) is 0 Å². The summed E-state index contributed by atoms with van der Waals surface area (Å²) in [5.41, 5.74) is 2.18. The first kappa shape index (κ1) is 9.31. The Morgan fingerprint density at radius 2 is 2.25 bits per heavy atom. The smallest absolute Gasteiger partial charge is 0.335 e. The van der Waals surface area contributed by atoms with Crippen LogP contribution in [0.15, 0.2) is 18.2 Å². The number of hydrogen-bond acceptors (Lipinski definition) is 2. The van der Waals surface area contributed by atoms with E-state index in [0.29, 0.717) is 5.56 Å². The summed E-state index contributed by atoms with van der Waals surface area (Å²) in [6.45, 7) is 1.92. The third-order valence-corrected chi connectivity index (χ3v) is 2.17. The van der Waals surface area contributed by atoms with E-state index in [-0.39, 0.29) is 0 Å². The molecule has 0 aliphatic carbocycles. The van der Waals surface area contributed by atoms with Gasteiger partial charge >= 0.3 is 5.97 Å². The standard InChI is InChI=1S/C8H8INO2/c1-5-2-3-6(8(11)12)4-7(5)10-9/h2-4,10H,1H3,(H,11,12). The van der Waals surface area contributed by atoms with Gasteiger partial charge in [0.15, 0.2) is 0 Å². The zero-order chi connectivity index (χ0) is 9.14. The number of carboxylic acids is 1. The number of hydrogen-bond donors (Lipinski definition) is 2. The summed E-state index contributed by atoms with van der Waals surface area (Å²) >= 11 is 1.98. The van der Waals surface area contributed by atoms with Gasteiger partial charge in [-0.15, -0.1) is 0 Å². The van der Waals surface area contributed by atoms with E-state index in [4.69, 9.17) is 5.11 Å². The molecule has 0 fully saturated rings. The van der Waals surface area contributed by atoms with Crippen LogP contribution in [0.5, 0.6) is 0 Å². The lowest BCUT2D eigenvalue weighted by molar-refractivity contribution is 0.0697. The molecule has 0 saturated heterocycles. The minimum atomic E-state index is -0.900. The van der Waals surface area contributed by atoms with Crippen molar-refractivity contribution in [3.8, 4) is 0 Å². The van der Waals surface area contributed by atoms with E-state index in [2.05, 4.69) is 3.53 Å². The van der Waals surface area contributed by atoms with Crippen molar-refractivity contribution in [2.24, 2.45) is 0 Å². The van der Waals surface area contributed by atoms with E-state index in [1.54, 1.807) is 18.2 Å². The minimum Gasteiger partial charge on any atom is -0.478 e. The number of carbonyl (C=O) groups is 1. The molecule has 3 nitrogen and oxygen atoms in total. The second kappa shape index (κ2) is 3.75. The predicted molar refractivity (Wildman–Crippen MR) is 55.8 cm³/mol. The molecule has 0 atom stereocenters. The Hall–Kier alpha value is -0.780. The molecule has 2 N–H and O–H groups in total. The molecule has 0 aromatic heterocycles. The highest BCUT2D eigenvalue weighted by Gasteiger charge is 2.04. The molecule has 1 aromatic rings. The van der Waals surface area contributed by atoms with Crippen LogP contribution in [0.4, 0.5) is 5.69 Å². The lowest BCUT2D eigenvalue weighted by atomic mass is 10.1. The Balaban J connectivity index is 3.13. The van der Waals surface area contributed by atoms with Crippen molar-refractivity contribution in [1.82, 2.24) is 0 Å². The fraction of sp³-hybridized carbons (Fsp3) is 0.125. The van der Waals surface area contributed by atoms with Gasteiger partial charge in [0.2, 0.25) is 0 Å². The number of nitrogens with one attached hydrogen (secondary N) is 1. The Morgan fingerprint density at radius 3 is 2.75 bits per heavy atom. The molecule has 0 spiro atoms. The van der Waals surface area contributed by atoms with E-state index in [1.807, 2.05) is 29.8 Å². The van der Waals surface area contributed by atoms with E-state index in [1.165, 1.54) is 0 Å². The molecule has 0 saturated carbocycles. The number of aryl methyl sites for hydroxylation is 1. The summed E-state index contributed by atoms with van der Waals surface area (Å²) in [5, 5.41) is 8.67. The van der Waals surface area contributed by atoms with Crippen molar-refractivity contribution in [2.75, 3.05) is 3.53 Å². The molecular weight excluding hydrogens is 269 g/mol. The summed E-state index contributed by atoms with van der Waals surface area (Å²) in [6, 6.07) is 4.99. The van der Waals surface area contributed by atoms with Crippen LogP contribution in [0.25, 0.3) is 0 Å². The van der Waals surface area contributed by atoms with Crippen molar-refractivity contribution in [3.05, 3.63) is 29.3 Å². The van der Waals surface area contributed by atoms with Crippen LogP contribution in [0.1, 0.15) is 15.9 Å². The fourth-order valence-corrected chi connectivity index (χ4v) is 1.44. The summed E-state index contributed by atoms with van der Waals surface area (Å²) in [4.78, 5) is 10.6. The predicted octanol–water partition coefficient (Wildman–Crippen LogP) is 2.46. The van der Waals surface area contributed by atoms with Gasteiger partial charge in [-0.3, -0.25) is 0 Å². The first-order valence-electron chi connectivity index (χ1n) is 3.35. The summed E-state index contributed by atoms with van der Waals surface area (Å²) in [6.07, 6.45) is 0. The highest BCUT2D eigenvalue weighted by molar-refractivity contribution is 14.1. The number of anilines is 1. The number of halogens is 1. The largest absolute Gasteiger partial charge is 0.478 e. The van der Waals surface area contributed by atoms with Gasteiger partial charge < -0.3 is 8.64 Å². The van der Waals surface area contributed by atoms with Gasteiger partial charge in [-0.05, 0) is 24.6 Å². The Bertz CT molecular complexity index is 312. The molecule has 0 radical (unpaired) electrons.